The molecular weight excluding hydrogens is 228 g/mol. The lowest BCUT2D eigenvalue weighted by atomic mass is 10.3. The maximum absolute atomic E-state index is 5.75. The van der Waals surface area contributed by atoms with Crippen LogP contribution < -0.4 is 10.1 Å². The SMILES string of the molecule is CNCc1cc(Oc2cnn(C(C)C)c2)ccn1. The molecule has 0 spiro atoms. The fraction of sp³-hybridized carbons (Fsp3) is 0.385. The largest absolute Gasteiger partial charge is 0.454 e. The van der Waals surface area contributed by atoms with Crippen molar-refractivity contribution < 1.29 is 4.74 Å². The Morgan fingerprint density at radius 2 is 2.22 bits per heavy atom. The summed E-state index contributed by atoms with van der Waals surface area (Å²) in [7, 11) is 1.89. The van der Waals surface area contributed by atoms with Gasteiger partial charge in [0, 0.05) is 24.8 Å². The Bertz CT molecular complexity index is 507. The van der Waals surface area contributed by atoms with E-state index in [2.05, 4.69) is 29.2 Å². The van der Waals surface area contributed by atoms with Crippen molar-refractivity contribution in [3.05, 3.63) is 36.4 Å². The maximum atomic E-state index is 5.75. The van der Waals surface area contributed by atoms with Crippen molar-refractivity contribution in [1.29, 1.82) is 0 Å². The summed E-state index contributed by atoms with van der Waals surface area (Å²) in [5.74, 6) is 1.52. The molecule has 0 amide bonds. The van der Waals surface area contributed by atoms with Gasteiger partial charge in [0.05, 0.1) is 18.1 Å². The fourth-order valence-electron chi connectivity index (χ4n) is 1.59. The zero-order valence-electron chi connectivity index (χ0n) is 10.9. The molecule has 0 radical (unpaired) electrons. The molecule has 2 heterocycles. The average Bonchev–Trinajstić information content (AvgIpc) is 2.78. The van der Waals surface area contributed by atoms with Gasteiger partial charge in [0.2, 0.25) is 0 Å². The normalized spacial score (nSPS) is 10.9. The summed E-state index contributed by atoms with van der Waals surface area (Å²) >= 11 is 0. The topological polar surface area (TPSA) is 52.0 Å². The molecule has 2 rings (SSSR count). The van der Waals surface area contributed by atoms with Crippen molar-refractivity contribution >= 4 is 0 Å². The van der Waals surface area contributed by atoms with E-state index in [1.807, 2.05) is 30.1 Å². The van der Waals surface area contributed by atoms with E-state index in [-0.39, 0.29) is 0 Å². The molecule has 0 aliphatic heterocycles. The quantitative estimate of drug-likeness (QED) is 0.880. The second-order valence-electron chi connectivity index (χ2n) is 4.37. The van der Waals surface area contributed by atoms with Crippen LogP contribution in [0.4, 0.5) is 0 Å². The van der Waals surface area contributed by atoms with Gasteiger partial charge in [-0.2, -0.15) is 5.10 Å². The second kappa shape index (κ2) is 5.64. The molecule has 18 heavy (non-hydrogen) atoms. The van der Waals surface area contributed by atoms with E-state index in [4.69, 9.17) is 4.74 Å². The van der Waals surface area contributed by atoms with Crippen LogP contribution in [0.15, 0.2) is 30.7 Å². The van der Waals surface area contributed by atoms with Gasteiger partial charge in [0.25, 0.3) is 0 Å². The van der Waals surface area contributed by atoms with Crippen LogP contribution in [0.2, 0.25) is 0 Å². The Balaban J connectivity index is 2.10. The highest BCUT2D eigenvalue weighted by Gasteiger charge is 2.04. The second-order valence-corrected chi connectivity index (χ2v) is 4.37. The molecule has 1 N–H and O–H groups in total. The summed E-state index contributed by atoms with van der Waals surface area (Å²) in [5.41, 5.74) is 0.950. The number of nitrogens with one attached hydrogen (secondary N) is 1. The lowest BCUT2D eigenvalue weighted by Crippen LogP contribution is -2.06. The monoisotopic (exact) mass is 246 g/mol. The van der Waals surface area contributed by atoms with E-state index in [0.29, 0.717) is 6.04 Å². The molecular formula is C13H18N4O. The molecule has 2 aromatic rings. The molecule has 0 atom stereocenters. The van der Waals surface area contributed by atoms with Gasteiger partial charge in [-0.05, 0) is 27.0 Å². The highest BCUT2D eigenvalue weighted by molar-refractivity contribution is 5.28. The Morgan fingerprint density at radius 1 is 1.39 bits per heavy atom. The van der Waals surface area contributed by atoms with Gasteiger partial charge in [-0.1, -0.05) is 0 Å². The summed E-state index contributed by atoms with van der Waals surface area (Å²) in [5, 5.41) is 7.29. The Morgan fingerprint density at radius 3 is 2.89 bits per heavy atom. The van der Waals surface area contributed by atoms with Gasteiger partial charge < -0.3 is 10.1 Å². The maximum Gasteiger partial charge on any atom is 0.165 e. The van der Waals surface area contributed by atoms with Crippen molar-refractivity contribution in [2.24, 2.45) is 0 Å². The van der Waals surface area contributed by atoms with Crippen LogP contribution in [0.25, 0.3) is 0 Å². The van der Waals surface area contributed by atoms with Gasteiger partial charge in [-0.25, -0.2) is 0 Å². The molecule has 2 aromatic heterocycles. The van der Waals surface area contributed by atoms with Crippen molar-refractivity contribution in [3.8, 4) is 11.5 Å². The zero-order chi connectivity index (χ0) is 13.0. The van der Waals surface area contributed by atoms with Crippen LogP contribution >= 0.6 is 0 Å². The zero-order valence-corrected chi connectivity index (χ0v) is 10.9. The lowest BCUT2D eigenvalue weighted by molar-refractivity contribution is 0.475. The fourth-order valence-corrected chi connectivity index (χ4v) is 1.59. The third-order valence-electron chi connectivity index (χ3n) is 2.49. The van der Waals surface area contributed by atoms with E-state index in [0.717, 1.165) is 23.7 Å². The first-order valence-corrected chi connectivity index (χ1v) is 6.00. The predicted molar refractivity (Wildman–Crippen MR) is 69.7 cm³/mol. The number of rotatable bonds is 5. The van der Waals surface area contributed by atoms with Crippen LogP contribution in [0, 0.1) is 0 Å². The van der Waals surface area contributed by atoms with E-state index in [1.165, 1.54) is 0 Å². The molecule has 96 valence electrons. The molecule has 5 heteroatoms. The van der Waals surface area contributed by atoms with E-state index in [9.17, 15) is 0 Å². The molecule has 0 saturated heterocycles. The van der Waals surface area contributed by atoms with Gasteiger partial charge in [0.1, 0.15) is 5.75 Å². The lowest BCUT2D eigenvalue weighted by Gasteiger charge is -2.05. The standard InChI is InChI=1S/C13H18N4O/c1-10(2)17-9-13(8-16-17)18-12-4-5-15-11(6-12)7-14-3/h4-6,8-10,14H,7H2,1-3H3. The highest BCUT2D eigenvalue weighted by atomic mass is 16.5. The first-order chi connectivity index (χ1) is 8.69. The summed E-state index contributed by atoms with van der Waals surface area (Å²) in [6.07, 6.45) is 5.36. The third-order valence-corrected chi connectivity index (χ3v) is 2.49. The molecule has 0 unspecified atom stereocenters. The van der Waals surface area contributed by atoms with Gasteiger partial charge in [-0.3, -0.25) is 9.67 Å². The van der Waals surface area contributed by atoms with Crippen LogP contribution in [0.1, 0.15) is 25.6 Å². The molecule has 0 aliphatic carbocycles. The van der Waals surface area contributed by atoms with Crippen LogP contribution in [0.5, 0.6) is 11.5 Å². The van der Waals surface area contributed by atoms with E-state index in [1.54, 1.807) is 12.4 Å². The summed E-state index contributed by atoms with van der Waals surface area (Å²) in [6.45, 7) is 4.88. The molecule has 0 aromatic carbocycles. The molecule has 5 nitrogen and oxygen atoms in total. The highest BCUT2D eigenvalue weighted by Crippen LogP contribution is 2.21. The van der Waals surface area contributed by atoms with E-state index < -0.39 is 0 Å². The van der Waals surface area contributed by atoms with Gasteiger partial charge in [-0.15, -0.1) is 0 Å². The summed E-state index contributed by atoms with van der Waals surface area (Å²) in [6, 6.07) is 4.09. The summed E-state index contributed by atoms with van der Waals surface area (Å²) in [4.78, 5) is 4.24. The van der Waals surface area contributed by atoms with Crippen molar-refractivity contribution in [3.63, 3.8) is 0 Å². The summed E-state index contributed by atoms with van der Waals surface area (Å²) < 4.78 is 7.61. The Hall–Kier alpha value is -1.88. The number of hydrogen-bond donors (Lipinski definition) is 1. The minimum atomic E-state index is 0.333. The Labute approximate surface area is 107 Å². The number of aromatic nitrogens is 3. The van der Waals surface area contributed by atoms with Crippen LogP contribution in [-0.2, 0) is 6.54 Å². The molecule has 0 fully saturated rings. The van der Waals surface area contributed by atoms with E-state index >= 15 is 0 Å². The van der Waals surface area contributed by atoms with Crippen LogP contribution in [-0.4, -0.2) is 21.8 Å². The molecule has 0 bridgehead atoms. The minimum absolute atomic E-state index is 0.333. The van der Waals surface area contributed by atoms with Crippen LogP contribution in [0.3, 0.4) is 0 Å². The molecule has 0 saturated carbocycles. The third kappa shape index (κ3) is 3.07. The van der Waals surface area contributed by atoms with Gasteiger partial charge in [0.15, 0.2) is 5.75 Å². The number of hydrogen-bond acceptors (Lipinski definition) is 4. The van der Waals surface area contributed by atoms with Crippen molar-refractivity contribution in [2.45, 2.75) is 26.4 Å². The van der Waals surface area contributed by atoms with Crippen molar-refractivity contribution in [1.82, 2.24) is 20.1 Å². The Kier molecular flexibility index (Phi) is 3.94. The predicted octanol–water partition coefficient (Wildman–Crippen LogP) is 2.37. The van der Waals surface area contributed by atoms with Gasteiger partial charge >= 0.3 is 0 Å². The average molecular weight is 246 g/mol. The number of pyridine rings is 1. The smallest absolute Gasteiger partial charge is 0.165 e. The van der Waals surface area contributed by atoms with Crippen molar-refractivity contribution in [2.75, 3.05) is 7.05 Å². The number of nitrogens with zero attached hydrogens (tertiary/aromatic N) is 3. The number of ether oxygens (including phenoxy) is 1. The first-order valence-electron chi connectivity index (χ1n) is 6.00. The first kappa shape index (κ1) is 12.6. The minimum Gasteiger partial charge on any atom is -0.454 e. The molecule has 0 aliphatic rings.